The molecule has 0 aliphatic carbocycles. The van der Waals surface area contributed by atoms with Gasteiger partial charge in [0, 0.05) is 26.2 Å². The van der Waals surface area contributed by atoms with Crippen molar-refractivity contribution in [1.29, 1.82) is 0 Å². The van der Waals surface area contributed by atoms with Crippen molar-refractivity contribution in [2.45, 2.75) is 26.3 Å². The summed E-state index contributed by atoms with van der Waals surface area (Å²) >= 11 is 0. The van der Waals surface area contributed by atoms with Gasteiger partial charge in [-0.2, -0.15) is 0 Å². The summed E-state index contributed by atoms with van der Waals surface area (Å²) in [6.45, 7) is 7.45. The van der Waals surface area contributed by atoms with E-state index in [1.807, 2.05) is 7.05 Å². The molecule has 0 spiro atoms. The molecule has 0 bridgehead atoms. The maximum Gasteiger partial charge on any atom is 0.0589 e. The van der Waals surface area contributed by atoms with Gasteiger partial charge in [-0.3, -0.25) is 0 Å². The molecular formula is C11H26N2O. The minimum atomic E-state index is 0.585. The molecule has 3 heteroatoms. The van der Waals surface area contributed by atoms with Crippen molar-refractivity contribution in [1.82, 2.24) is 10.2 Å². The van der Waals surface area contributed by atoms with Crippen molar-refractivity contribution < 1.29 is 4.74 Å². The first-order chi connectivity index (χ1) is 6.65. The highest BCUT2D eigenvalue weighted by atomic mass is 16.5. The highest BCUT2D eigenvalue weighted by Crippen LogP contribution is 2.08. The van der Waals surface area contributed by atoms with Crippen LogP contribution in [0.5, 0.6) is 0 Å². The second-order valence-electron chi connectivity index (χ2n) is 4.04. The van der Waals surface area contributed by atoms with Gasteiger partial charge in [0.1, 0.15) is 0 Å². The summed E-state index contributed by atoms with van der Waals surface area (Å²) < 4.78 is 5.05. The van der Waals surface area contributed by atoms with Gasteiger partial charge in [-0.15, -0.1) is 0 Å². The van der Waals surface area contributed by atoms with Crippen molar-refractivity contribution in [3.05, 3.63) is 0 Å². The van der Waals surface area contributed by atoms with Crippen LogP contribution in [0.1, 0.15) is 20.3 Å². The van der Waals surface area contributed by atoms with Gasteiger partial charge in [0.15, 0.2) is 0 Å². The molecule has 0 aromatic heterocycles. The average molecular weight is 202 g/mol. The topological polar surface area (TPSA) is 24.5 Å². The average Bonchev–Trinajstić information content (AvgIpc) is 2.21. The fourth-order valence-corrected chi connectivity index (χ4v) is 1.51. The Bertz CT molecular complexity index is 130. The first kappa shape index (κ1) is 13.9. The molecule has 0 heterocycles. The van der Waals surface area contributed by atoms with Gasteiger partial charge in [-0.1, -0.05) is 20.3 Å². The molecule has 3 nitrogen and oxygen atoms in total. The van der Waals surface area contributed by atoms with Crippen molar-refractivity contribution in [2.75, 3.05) is 40.9 Å². The van der Waals surface area contributed by atoms with E-state index in [0.29, 0.717) is 6.04 Å². The van der Waals surface area contributed by atoms with Gasteiger partial charge in [-0.25, -0.2) is 0 Å². The van der Waals surface area contributed by atoms with E-state index in [9.17, 15) is 0 Å². The van der Waals surface area contributed by atoms with E-state index in [2.05, 4.69) is 31.1 Å². The van der Waals surface area contributed by atoms with E-state index in [4.69, 9.17) is 4.74 Å². The first-order valence-electron chi connectivity index (χ1n) is 5.50. The lowest BCUT2D eigenvalue weighted by atomic mass is 9.99. The molecule has 0 saturated carbocycles. The van der Waals surface area contributed by atoms with Gasteiger partial charge in [-0.05, 0) is 20.0 Å². The summed E-state index contributed by atoms with van der Waals surface area (Å²) in [6.07, 6.45) is 1.23. The number of hydrogen-bond donors (Lipinski definition) is 1. The van der Waals surface area contributed by atoms with Crippen LogP contribution in [0, 0.1) is 5.92 Å². The molecule has 0 saturated heterocycles. The smallest absolute Gasteiger partial charge is 0.0589 e. The molecule has 2 atom stereocenters. The molecule has 2 unspecified atom stereocenters. The van der Waals surface area contributed by atoms with Gasteiger partial charge in [0.2, 0.25) is 0 Å². The third kappa shape index (κ3) is 5.58. The quantitative estimate of drug-likeness (QED) is 0.640. The summed E-state index contributed by atoms with van der Waals surface area (Å²) in [6, 6.07) is 0.585. The number of rotatable bonds is 8. The second kappa shape index (κ2) is 8.21. The van der Waals surface area contributed by atoms with Crippen LogP contribution in [0.4, 0.5) is 0 Å². The monoisotopic (exact) mass is 202 g/mol. The van der Waals surface area contributed by atoms with E-state index >= 15 is 0 Å². The Labute approximate surface area is 88.8 Å². The summed E-state index contributed by atoms with van der Waals surface area (Å²) in [5, 5.41) is 3.38. The lowest BCUT2D eigenvalue weighted by molar-refractivity contribution is 0.150. The summed E-state index contributed by atoms with van der Waals surface area (Å²) in [5.74, 6) is 0.727. The third-order valence-corrected chi connectivity index (χ3v) is 2.89. The number of nitrogens with one attached hydrogen (secondary N) is 1. The van der Waals surface area contributed by atoms with Crippen molar-refractivity contribution in [2.24, 2.45) is 5.92 Å². The van der Waals surface area contributed by atoms with Crippen molar-refractivity contribution in [3.8, 4) is 0 Å². The number of ether oxygens (including phenoxy) is 1. The van der Waals surface area contributed by atoms with Crippen molar-refractivity contribution in [3.63, 3.8) is 0 Å². The fraction of sp³-hybridized carbons (Fsp3) is 1.00. The predicted octanol–water partition coefficient (Wildman–Crippen LogP) is 1.20. The molecule has 0 aliphatic rings. The molecule has 14 heavy (non-hydrogen) atoms. The van der Waals surface area contributed by atoms with Crippen LogP contribution < -0.4 is 5.32 Å². The third-order valence-electron chi connectivity index (χ3n) is 2.89. The Morgan fingerprint density at radius 3 is 2.50 bits per heavy atom. The van der Waals surface area contributed by atoms with Crippen LogP contribution in [-0.4, -0.2) is 51.8 Å². The highest BCUT2D eigenvalue weighted by Gasteiger charge is 2.15. The minimum absolute atomic E-state index is 0.585. The highest BCUT2D eigenvalue weighted by molar-refractivity contribution is 4.73. The Balaban J connectivity index is 3.79. The molecular weight excluding hydrogens is 176 g/mol. The number of nitrogens with zero attached hydrogens (tertiary/aromatic N) is 1. The van der Waals surface area contributed by atoms with Crippen LogP contribution in [0.15, 0.2) is 0 Å². The fourth-order valence-electron chi connectivity index (χ4n) is 1.51. The first-order valence-corrected chi connectivity index (χ1v) is 5.50. The zero-order valence-electron chi connectivity index (χ0n) is 10.3. The minimum Gasteiger partial charge on any atom is -0.383 e. The molecule has 0 rings (SSSR count). The largest absolute Gasteiger partial charge is 0.383 e. The molecule has 1 N–H and O–H groups in total. The molecule has 86 valence electrons. The SMILES string of the molecule is CCC(C)C(CN(C)CCOC)NC. The lowest BCUT2D eigenvalue weighted by Crippen LogP contribution is -2.42. The zero-order chi connectivity index (χ0) is 11.0. The van der Waals surface area contributed by atoms with E-state index in [1.54, 1.807) is 7.11 Å². The van der Waals surface area contributed by atoms with Crippen LogP contribution >= 0.6 is 0 Å². The van der Waals surface area contributed by atoms with Crippen LogP contribution in [-0.2, 0) is 4.74 Å². The Morgan fingerprint density at radius 1 is 1.43 bits per heavy atom. The Hall–Kier alpha value is -0.120. The summed E-state index contributed by atoms with van der Waals surface area (Å²) in [4.78, 5) is 2.32. The standard InChI is InChI=1S/C11H26N2O/c1-6-10(2)11(12-3)9-13(4)7-8-14-5/h10-12H,6-9H2,1-5H3. The molecule has 0 aliphatic heterocycles. The summed E-state index contributed by atoms with van der Waals surface area (Å²) in [7, 11) is 5.94. The molecule has 0 aromatic carbocycles. The van der Waals surface area contributed by atoms with Crippen LogP contribution in [0.3, 0.4) is 0 Å². The van der Waals surface area contributed by atoms with Crippen LogP contribution in [0.25, 0.3) is 0 Å². The van der Waals surface area contributed by atoms with Gasteiger partial charge in [0.25, 0.3) is 0 Å². The number of methoxy groups -OCH3 is 1. The van der Waals surface area contributed by atoms with Gasteiger partial charge < -0.3 is 15.0 Å². The maximum absolute atomic E-state index is 5.05. The van der Waals surface area contributed by atoms with E-state index < -0.39 is 0 Å². The molecule has 0 radical (unpaired) electrons. The normalized spacial score (nSPS) is 15.9. The Morgan fingerprint density at radius 2 is 2.07 bits per heavy atom. The molecule has 0 amide bonds. The summed E-state index contributed by atoms with van der Waals surface area (Å²) in [5.41, 5.74) is 0. The van der Waals surface area contributed by atoms with E-state index in [0.717, 1.165) is 25.6 Å². The van der Waals surface area contributed by atoms with Gasteiger partial charge >= 0.3 is 0 Å². The second-order valence-corrected chi connectivity index (χ2v) is 4.04. The predicted molar refractivity (Wildman–Crippen MR) is 61.7 cm³/mol. The van der Waals surface area contributed by atoms with E-state index in [-0.39, 0.29) is 0 Å². The number of hydrogen-bond acceptors (Lipinski definition) is 3. The van der Waals surface area contributed by atoms with Crippen LogP contribution in [0.2, 0.25) is 0 Å². The Kier molecular flexibility index (Phi) is 8.14. The van der Waals surface area contributed by atoms with E-state index in [1.165, 1.54) is 6.42 Å². The zero-order valence-corrected chi connectivity index (χ0v) is 10.3. The number of likely N-dealkylation sites (N-methyl/N-ethyl adjacent to an activating group) is 2. The lowest BCUT2D eigenvalue weighted by Gasteiger charge is -2.27. The van der Waals surface area contributed by atoms with Gasteiger partial charge in [0.05, 0.1) is 6.61 Å². The maximum atomic E-state index is 5.05. The van der Waals surface area contributed by atoms with Crippen molar-refractivity contribution >= 4 is 0 Å². The molecule has 0 aromatic rings. The molecule has 0 fully saturated rings.